The van der Waals surface area contributed by atoms with Crippen LogP contribution in [0.3, 0.4) is 0 Å². The number of aryl methyl sites for hydroxylation is 1. The highest BCUT2D eigenvalue weighted by atomic mass is 16.5. The maximum atomic E-state index is 12.7. The van der Waals surface area contributed by atoms with E-state index in [1.807, 2.05) is 50.2 Å². The molecule has 29 heavy (non-hydrogen) atoms. The van der Waals surface area contributed by atoms with Gasteiger partial charge in [-0.2, -0.15) is 0 Å². The Bertz CT molecular complexity index is 999. The van der Waals surface area contributed by atoms with Gasteiger partial charge in [0.2, 0.25) is 0 Å². The number of amides is 1. The van der Waals surface area contributed by atoms with E-state index in [0.29, 0.717) is 11.4 Å². The molecule has 1 aliphatic heterocycles. The van der Waals surface area contributed by atoms with Gasteiger partial charge in [-0.15, -0.1) is 0 Å². The summed E-state index contributed by atoms with van der Waals surface area (Å²) in [5, 5.41) is 2.91. The minimum atomic E-state index is -0.227. The summed E-state index contributed by atoms with van der Waals surface area (Å²) in [6.45, 7) is 4.89. The van der Waals surface area contributed by atoms with Crippen LogP contribution in [-0.2, 0) is 6.42 Å². The van der Waals surface area contributed by atoms with E-state index in [1.54, 1.807) is 6.20 Å². The molecular weight excluding hydrogens is 362 g/mol. The van der Waals surface area contributed by atoms with Gasteiger partial charge in [-0.05, 0) is 74.7 Å². The number of aromatic nitrogens is 1. The lowest BCUT2D eigenvalue weighted by atomic mass is 10.0. The Morgan fingerprint density at radius 2 is 1.90 bits per heavy atom. The molecule has 0 spiro atoms. The number of fused-ring (bicyclic) bond motifs is 1. The van der Waals surface area contributed by atoms with E-state index in [2.05, 4.69) is 39.5 Å². The van der Waals surface area contributed by atoms with Gasteiger partial charge in [-0.3, -0.25) is 9.78 Å². The Balaban J connectivity index is 1.51. The second kappa shape index (κ2) is 8.35. The number of hydrogen-bond acceptors (Lipinski definition) is 4. The molecule has 0 unspecified atom stereocenters. The van der Waals surface area contributed by atoms with Crippen molar-refractivity contribution in [1.29, 1.82) is 0 Å². The molecule has 5 heteroatoms. The maximum absolute atomic E-state index is 12.7. The van der Waals surface area contributed by atoms with Crippen molar-refractivity contribution in [3.63, 3.8) is 0 Å². The van der Waals surface area contributed by atoms with Crippen LogP contribution in [0.2, 0.25) is 0 Å². The summed E-state index contributed by atoms with van der Waals surface area (Å²) in [6.07, 6.45) is 3.98. The normalized spacial score (nSPS) is 13.1. The quantitative estimate of drug-likeness (QED) is 0.653. The second-order valence-electron chi connectivity index (χ2n) is 7.43. The molecule has 2 heterocycles. The highest BCUT2D eigenvalue weighted by molar-refractivity contribution is 6.03. The van der Waals surface area contributed by atoms with Crippen LogP contribution in [-0.4, -0.2) is 23.5 Å². The predicted octanol–water partition coefficient (Wildman–Crippen LogP) is 5.21. The molecule has 3 aromatic rings. The maximum Gasteiger partial charge on any atom is 0.274 e. The van der Waals surface area contributed by atoms with Gasteiger partial charge in [0.1, 0.15) is 11.4 Å². The molecule has 4 rings (SSSR count). The summed E-state index contributed by atoms with van der Waals surface area (Å²) in [5.74, 6) is 0.552. The van der Waals surface area contributed by atoms with Crippen LogP contribution in [0.5, 0.6) is 5.75 Å². The van der Waals surface area contributed by atoms with E-state index < -0.39 is 0 Å². The lowest BCUT2D eigenvalue weighted by Gasteiger charge is -2.31. The molecule has 148 valence electrons. The van der Waals surface area contributed by atoms with Crippen molar-refractivity contribution in [3.05, 3.63) is 78.1 Å². The van der Waals surface area contributed by atoms with Crippen LogP contribution in [0, 0.1) is 0 Å². The Kier molecular flexibility index (Phi) is 5.47. The van der Waals surface area contributed by atoms with E-state index in [4.69, 9.17) is 4.74 Å². The first-order valence-electron chi connectivity index (χ1n) is 10.00. The lowest BCUT2D eigenvalue weighted by Crippen LogP contribution is -2.25. The summed E-state index contributed by atoms with van der Waals surface area (Å²) in [4.78, 5) is 19.3. The number of carbonyl (C=O) groups excluding carboxylic acids is 1. The fourth-order valence-corrected chi connectivity index (χ4v) is 3.60. The van der Waals surface area contributed by atoms with Gasteiger partial charge in [-0.25, -0.2) is 0 Å². The van der Waals surface area contributed by atoms with Crippen molar-refractivity contribution < 1.29 is 9.53 Å². The number of nitrogens with zero attached hydrogens (tertiary/aromatic N) is 2. The molecular formula is C24H25N3O2. The monoisotopic (exact) mass is 387 g/mol. The largest absolute Gasteiger partial charge is 0.491 e. The zero-order valence-corrected chi connectivity index (χ0v) is 16.8. The number of benzene rings is 2. The molecule has 2 aromatic carbocycles. The fraction of sp³-hybridized carbons (Fsp3) is 0.250. The van der Waals surface area contributed by atoms with Gasteiger partial charge in [0.15, 0.2) is 0 Å². The van der Waals surface area contributed by atoms with E-state index in [-0.39, 0.29) is 12.0 Å². The first-order valence-corrected chi connectivity index (χ1v) is 10.00. The molecule has 1 aromatic heterocycles. The number of anilines is 3. The molecule has 0 fully saturated rings. The number of carbonyl (C=O) groups is 1. The van der Waals surface area contributed by atoms with Gasteiger partial charge >= 0.3 is 0 Å². The molecule has 1 amide bonds. The smallest absolute Gasteiger partial charge is 0.274 e. The number of rotatable bonds is 5. The Morgan fingerprint density at radius 1 is 1.10 bits per heavy atom. The minimum Gasteiger partial charge on any atom is -0.491 e. The van der Waals surface area contributed by atoms with E-state index in [9.17, 15) is 4.79 Å². The second-order valence-corrected chi connectivity index (χ2v) is 7.43. The van der Waals surface area contributed by atoms with Crippen LogP contribution >= 0.6 is 0 Å². The predicted molar refractivity (Wildman–Crippen MR) is 116 cm³/mol. The van der Waals surface area contributed by atoms with E-state index in [1.165, 1.54) is 11.3 Å². The minimum absolute atomic E-state index is 0.113. The molecule has 0 atom stereocenters. The third kappa shape index (κ3) is 4.40. The molecule has 0 radical (unpaired) electrons. The topological polar surface area (TPSA) is 54.5 Å². The first-order chi connectivity index (χ1) is 14.1. The highest BCUT2D eigenvalue weighted by Gasteiger charge is 2.19. The summed E-state index contributed by atoms with van der Waals surface area (Å²) < 4.78 is 5.64. The average molecular weight is 387 g/mol. The van der Waals surface area contributed by atoms with Gasteiger partial charge in [-0.1, -0.05) is 18.2 Å². The zero-order chi connectivity index (χ0) is 20.2. The molecule has 0 saturated heterocycles. The van der Waals surface area contributed by atoms with Crippen molar-refractivity contribution in [3.8, 4) is 5.75 Å². The number of nitrogens with one attached hydrogen (secondary N) is 1. The average Bonchev–Trinajstić information content (AvgIpc) is 2.74. The van der Waals surface area contributed by atoms with Crippen LogP contribution in [0.4, 0.5) is 17.1 Å². The summed E-state index contributed by atoms with van der Waals surface area (Å²) in [7, 11) is 0. The van der Waals surface area contributed by atoms with Crippen LogP contribution in [0.1, 0.15) is 36.3 Å². The van der Waals surface area contributed by atoms with Crippen molar-refractivity contribution in [1.82, 2.24) is 4.98 Å². The van der Waals surface area contributed by atoms with Crippen LogP contribution in [0.25, 0.3) is 0 Å². The van der Waals surface area contributed by atoms with E-state index in [0.717, 1.165) is 30.8 Å². The van der Waals surface area contributed by atoms with Gasteiger partial charge < -0.3 is 15.0 Å². The van der Waals surface area contributed by atoms with E-state index >= 15 is 0 Å². The fourth-order valence-electron chi connectivity index (χ4n) is 3.60. The summed E-state index contributed by atoms with van der Waals surface area (Å²) in [5.41, 5.74) is 4.63. The Morgan fingerprint density at radius 3 is 2.69 bits per heavy atom. The van der Waals surface area contributed by atoms with Crippen molar-refractivity contribution in [2.75, 3.05) is 16.8 Å². The Hall–Kier alpha value is -3.34. The molecule has 1 N–H and O–H groups in total. The Labute approximate surface area is 171 Å². The molecule has 5 nitrogen and oxygen atoms in total. The number of para-hydroxylation sites is 1. The zero-order valence-electron chi connectivity index (χ0n) is 16.8. The standard InChI is InChI=1S/C24H25N3O2/c1-17(2)29-21-11-9-19(10-12-21)26-24(28)22-16-20(13-14-25-22)27-15-5-7-18-6-3-4-8-23(18)27/h3-4,6,8-14,16-17H,5,7,15H2,1-2H3,(H,26,28). The van der Waals surface area contributed by atoms with Gasteiger partial charge in [0.05, 0.1) is 6.10 Å². The molecule has 0 bridgehead atoms. The first kappa shape index (κ1) is 19.0. The van der Waals surface area contributed by atoms with Gasteiger partial charge in [0, 0.05) is 29.8 Å². The number of ether oxygens (including phenoxy) is 1. The van der Waals surface area contributed by atoms with Crippen molar-refractivity contribution in [2.24, 2.45) is 0 Å². The SMILES string of the molecule is CC(C)Oc1ccc(NC(=O)c2cc(N3CCCc4ccccc43)ccn2)cc1. The van der Waals surface area contributed by atoms with Crippen molar-refractivity contribution >= 4 is 23.0 Å². The van der Waals surface area contributed by atoms with Crippen LogP contribution < -0.4 is 15.0 Å². The van der Waals surface area contributed by atoms with Crippen molar-refractivity contribution in [2.45, 2.75) is 32.8 Å². The number of pyridine rings is 1. The number of hydrogen-bond donors (Lipinski definition) is 1. The molecule has 1 aliphatic rings. The lowest BCUT2D eigenvalue weighted by molar-refractivity contribution is 0.102. The molecule has 0 saturated carbocycles. The third-order valence-electron chi connectivity index (χ3n) is 4.88. The van der Waals surface area contributed by atoms with Crippen LogP contribution in [0.15, 0.2) is 66.9 Å². The summed E-state index contributed by atoms with van der Waals surface area (Å²) in [6, 6.07) is 19.6. The third-order valence-corrected chi connectivity index (χ3v) is 4.88. The molecule has 0 aliphatic carbocycles. The highest BCUT2D eigenvalue weighted by Crippen LogP contribution is 2.33. The van der Waals surface area contributed by atoms with Gasteiger partial charge in [0.25, 0.3) is 5.91 Å². The summed E-state index contributed by atoms with van der Waals surface area (Å²) >= 11 is 0.